The Hall–Kier alpha value is -3.15. The summed E-state index contributed by atoms with van der Waals surface area (Å²) in [6.07, 6.45) is 0.468. The highest BCUT2D eigenvalue weighted by Gasteiger charge is 2.13. The molecule has 0 aliphatic heterocycles. The summed E-state index contributed by atoms with van der Waals surface area (Å²) in [5.41, 5.74) is 1.97. The van der Waals surface area contributed by atoms with Gasteiger partial charge in [-0.25, -0.2) is 4.79 Å². The van der Waals surface area contributed by atoms with Crippen LogP contribution in [0.25, 0.3) is 11.1 Å². The highest BCUT2D eigenvalue weighted by atomic mass is 16.6. The molecule has 0 atom stereocenters. The topological polar surface area (TPSA) is 78.7 Å². The fraction of sp³-hybridized carbons (Fsp3) is 0.211. The molecule has 0 saturated heterocycles. The minimum Gasteiger partial charge on any atom is -0.493 e. The quantitative estimate of drug-likeness (QED) is 0.237. The minimum absolute atomic E-state index is 0.0385. The molecule has 0 aliphatic rings. The molecule has 0 fully saturated rings. The SMILES string of the molecule is C=C(C)C(=O)OCCCOc1cc([N+](=O)[O-])ccc1-c1ccccc1. The van der Waals surface area contributed by atoms with Crippen LogP contribution in [0.4, 0.5) is 5.69 Å². The van der Waals surface area contributed by atoms with Crippen LogP contribution in [-0.4, -0.2) is 24.1 Å². The van der Waals surface area contributed by atoms with Crippen LogP contribution in [0.3, 0.4) is 0 Å². The third-order valence-electron chi connectivity index (χ3n) is 3.39. The second kappa shape index (κ2) is 8.63. The van der Waals surface area contributed by atoms with Gasteiger partial charge in [0.2, 0.25) is 0 Å². The number of esters is 1. The molecule has 0 aliphatic carbocycles. The summed E-state index contributed by atoms with van der Waals surface area (Å²) in [6.45, 7) is 5.54. The molecule has 0 radical (unpaired) electrons. The first-order chi connectivity index (χ1) is 12.0. The summed E-state index contributed by atoms with van der Waals surface area (Å²) in [6, 6.07) is 14.0. The lowest BCUT2D eigenvalue weighted by atomic mass is 10.0. The van der Waals surface area contributed by atoms with Gasteiger partial charge in [-0.2, -0.15) is 0 Å². The Bertz CT molecular complexity index is 771. The Morgan fingerprint density at radius 1 is 1.16 bits per heavy atom. The average Bonchev–Trinajstić information content (AvgIpc) is 2.61. The Kier molecular flexibility index (Phi) is 6.28. The van der Waals surface area contributed by atoms with Crippen molar-refractivity contribution < 1.29 is 19.2 Å². The van der Waals surface area contributed by atoms with Crippen molar-refractivity contribution >= 4 is 11.7 Å². The Balaban J connectivity index is 2.07. The van der Waals surface area contributed by atoms with E-state index in [0.717, 1.165) is 11.1 Å². The number of hydrogen-bond donors (Lipinski definition) is 0. The van der Waals surface area contributed by atoms with Crippen LogP contribution in [0.1, 0.15) is 13.3 Å². The van der Waals surface area contributed by atoms with Crippen LogP contribution in [0, 0.1) is 10.1 Å². The zero-order chi connectivity index (χ0) is 18.2. The highest BCUT2D eigenvalue weighted by Crippen LogP contribution is 2.33. The van der Waals surface area contributed by atoms with Crippen molar-refractivity contribution in [1.82, 2.24) is 0 Å². The van der Waals surface area contributed by atoms with Gasteiger partial charge in [-0.15, -0.1) is 0 Å². The predicted molar refractivity (Wildman–Crippen MR) is 94.4 cm³/mol. The van der Waals surface area contributed by atoms with E-state index in [0.29, 0.717) is 17.7 Å². The molecule has 130 valence electrons. The molecule has 6 nitrogen and oxygen atoms in total. The number of rotatable bonds is 8. The lowest BCUT2D eigenvalue weighted by Gasteiger charge is -2.12. The van der Waals surface area contributed by atoms with E-state index in [1.807, 2.05) is 30.3 Å². The van der Waals surface area contributed by atoms with Crippen molar-refractivity contribution in [2.45, 2.75) is 13.3 Å². The molecule has 0 aromatic heterocycles. The van der Waals surface area contributed by atoms with Crippen molar-refractivity contribution in [3.05, 3.63) is 70.8 Å². The molecule has 0 bridgehead atoms. The Labute approximate surface area is 145 Å². The number of carbonyl (C=O) groups excluding carboxylic acids is 1. The first-order valence-electron chi connectivity index (χ1n) is 7.78. The van der Waals surface area contributed by atoms with Gasteiger partial charge in [-0.1, -0.05) is 36.9 Å². The molecule has 0 amide bonds. The number of nitrogens with zero attached hydrogens (tertiary/aromatic N) is 1. The van der Waals surface area contributed by atoms with Gasteiger partial charge in [0, 0.05) is 23.6 Å². The van der Waals surface area contributed by atoms with E-state index in [9.17, 15) is 14.9 Å². The second-order valence-electron chi connectivity index (χ2n) is 5.42. The molecular weight excluding hydrogens is 322 g/mol. The number of ether oxygens (including phenoxy) is 2. The van der Waals surface area contributed by atoms with E-state index < -0.39 is 10.9 Å². The molecule has 6 heteroatoms. The van der Waals surface area contributed by atoms with Gasteiger partial charge in [0.25, 0.3) is 5.69 Å². The van der Waals surface area contributed by atoms with Gasteiger partial charge in [0.15, 0.2) is 0 Å². The number of benzene rings is 2. The van der Waals surface area contributed by atoms with Gasteiger partial charge >= 0.3 is 5.97 Å². The summed E-state index contributed by atoms with van der Waals surface area (Å²) in [4.78, 5) is 21.8. The molecular formula is C19H19NO5. The fourth-order valence-corrected chi connectivity index (χ4v) is 2.13. The Morgan fingerprint density at radius 3 is 2.52 bits per heavy atom. The third-order valence-corrected chi connectivity index (χ3v) is 3.39. The predicted octanol–water partition coefficient (Wildman–Crippen LogP) is 4.15. The van der Waals surface area contributed by atoms with E-state index in [-0.39, 0.29) is 18.9 Å². The average molecular weight is 341 g/mol. The molecule has 0 unspecified atom stereocenters. The van der Waals surface area contributed by atoms with Crippen molar-refractivity contribution in [3.8, 4) is 16.9 Å². The normalized spacial score (nSPS) is 10.1. The van der Waals surface area contributed by atoms with Gasteiger partial charge in [-0.3, -0.25) is 10.1 Å². The van der Waals surface area contributed by atoms with E-state index in [1.165, 1.54) is 12.1 Å². The maximum Gasteiger partial charge on any atom is 0.333 e. The van der Waals surface area contributed by atoms with Crippen molar-refractivity contribution in [3.63, 3.8) is 0 Å². The van der Waals surface area contributed by atoms with Crippen LogP contribution in [-0.2, 0) is 9.53 Å². The number of hydrogen-bond acceptors (Lipinski definition) is 5. The maximum absolute atomic E-state index is 11.3. The molecule has 0 saturated carbocycles. The van der Waals surface area contributed by atoms with Gasteiger partial charge < -0.3 is 9.47 Å². The van der Waals surface area contributed by atoms with Crippen LogP contribution in [0.5, 0.6) is 5.75 Å². The van der Waals surface area contributed by atoms with Crippen molar-refractivity contribution in [2.24, 2.45) is 0 Å². The standard InChI is InChI=1S/C19H19NO5/c1-14(2)19(21)25-12-6-11-24-18-13-16(20(22)23)9-10-17(18)15-7-4-3-5-8-15/h3-5,7-10,13H,1,6,11-12H2,2H3. The Morgan fingerprint density at radius 2 is 1.88 bits per heavy atom. The van der Waals surface area contributed by atoms with Crippen LogP contribution in [0.2, 0.25) is 0 Å². The summed E-state index contributed by atoms with van der Waals surface area (Å²) in [5.74, 6) is -0.0213. The third kappa shape index (κ3) is 5.17. The first kappa shape index (κ1) is 18.2. The molecule has 0 heterocycles. The maximum atomic E-state index is 11.3. The van der Waals surface area contributed by atoms with Gasteiger partial charge in [0.1, 0.15) is 5.75 Å². The molecule has 2 aromatic carbocycles. The number of carbonyl (C=O) groups is 1. The van der Waals surface area contributed by atoms with Gasteiger partial charge in [-0.05, 0) is 18.6 Å². The van der Waals surface area contributed by atoms with Crippen LogP contribution >= 0.6 is 0 Å². The first-order valence-corrected chi connectivity index (χ1v) is 7.78. The van der Waals surface area contributed by atoms with Crippen LogP contribution in [0.15, 0.2) is 60.7 Å². The lowest BCUT2D eigenvalue weighted by molar-refractivity contribution is -0.384. The smallest absolute Gasteiger partial charge is 0.333 e. The molecule has 0 spiro atoms. The van der Waals surface area contributed by atoms with E-state index in [4.69, 9.17) is 9.47 Å². The summed E-state index contributed by atoms with van der Waals surface area (Å²) < 4.78 is 10.7. The van der Waals surface area contributed by atoms with Crippen molar-refractivity contribution in [1.29, 1.82) is 0 Å². The molecule has 2 rings (SSSR count). The summed E-state index contributed by atoms with van der Waals surface area (Å²) >= 11 is 0. The van der Waals surface area contributed by atoms with E-state index in [1.54, 1.807) is 13.0 Å². The van der Waals surface area contributed by atoms with E-state index >= 15 is 0 Å². The summed E-state index contributed by atoms with van der Waals surface area (Å²) in [5, 5.41) is 11.0. The minimum atomic E-state index is -0.462. The second-order valence-corrected chi connectivity index (χ2v) is 5.42. The largest absolute Gasteiger partial charge is 0.493 e. The molecule has 2 aromatic rings. The fourth-order valence-electron chi connectivity index (χ4n) is 2.13. The molecule has 25 heavy (non-hydrogen) atoms. The zero-order valence-electron chi connectivity index (χ0n) is 13.9. The highest BCUT2D eigenvalue weighted by molar-refractivity contribution is 5.86. The van der Waals surface area contributed by atoms with Crippen LogP contribution < -0.4 is 4.74 Å². The zero-order valence-corrected chi connectivity index (χ0v) is 13.9. The monoisotopic (exact) mass is 341 g/mol. The van der Waals surface area contributed by atoms with Crippen molar-refractivity contribution in [2.75, 3.05) is 13.2 Å². The van der Waals surface area contributed by atoms with E-state index in [2.05, 4.69) is 6.58 Å². The number of nitro benzene ring substituents is 1. The number of non-ortho nitro benzene ring substituents is 1. The number of nitro groups is 1. The van der Waals surface area contributed by atoms with Gasteiger partial charge in [0.05, 0.1) is 24.2 Å². The summed E-state index contributed by atoms with van der Waals surface area (Å²) in [7, 11) is 0. The lowest BCUT2D eigenvalue weighted by Crippen LogP contribution is -2.09. The molecule has 0 N–H and O–H groups in total.